The minimum Gasteiger partial charge on any atom is -0.350 e. The van der Waals surface area contributed by atoms with Crippen molar-refractivity contribution in [2.75, 3.05) is 6.54 Å². The first kappa shape index (κ1) is 20.5. The molecule has 4 rings (SSSR count). The minimum absolute atomic E-state index is 0.0455. The second-order valence-electron chi connectivity index (χ2n) is 8.69. The molecular formula is C22H27FN4O3. The number of hydrogen-bond donors (Lipinski definition) is 1. The third-order valence-corrected chi connectivity index (χ3v) is 6.03. The fourth-order valence-corrected chi connectivity index (χ4v) is 4.49. The van der Waals surface area contributed by atoms with Gasteiger partial charge in [0.2, 0.25) is 5.91 Å². The van der Waals surface area contributed by atoms with E-state index in [1.165, 1.54) is 24.3 Å². The molecule has 160 valence electrons. The number of halogens is 1. The molecule has 1 saturated carbocycles. The molecule has 0 radical (unpaired) electrons. The predicted molar refractivity (Wildman–Crippen MR) is 108 cm³/mol. The zero-order valence-electron chi connectivity index (χ0n) is 17.3. The summed E-state index contributed by atoms with van der Waals surface area (Å²) in [6, 6.07) is 5.02. The van der Waals surface area contributed by atoms with Crippen LogP contribution in [-0.2, 0) is 4.79 Å². The van der Waals surface area contributed by atoms with Crippen LogP contribution in [0.3, 0.4) is 0 Å². The highest BCUT2D eigenvalue weighted by Gasteiger charge is 2.42. The number of carbonyl (C=O) groups is 2. The monoisotopic (exact) mass is 414 g/mol. The van der Waals surface area contributed by atoms with E-state index in [4.69, 9.17) is 4.52 Å². The first-order valence-electron chi connectivity index (χ1n) is 10.6. The lowest BCUT2D eigenvalue weighted by Crippen LogP contribution is -2.63. The van der Waals surface area contributed by atoms with E-state index in [2.05, 4.69) is 15.5 Å². The summed E-state index contributed by atoms with van der Waals surface area (Å²) in [6.07, 6.45) is 5.02. The van der Waals surface area contributed by atoms with E-state index < -0.39 is 11.9 Å². The largest absolute Gasteiger partial charge is 0.350 e. The topological polar surface area (TPSA) is 88.3 Å². The van der Waals surface area contributed by atoms with E-state index in [-0.39, 0.29) is 35.4 Å². The maximum Gasteiger partial charge on any atom is 0.296 e. The molecule has 1 aliphatic carbocycles. The van der Waals surface area contributed by atoms with Crippen LogP contribution in [0.2, 0.25) is 0 Å². The third-order valence-electron chi connectivity index (χ3n) is 6.03. The first-order valence-corrected chi connectivity index (χ1v) is 10.6. The lowest BCUT2D eigenvalue weighted by molar-refractivity contribution is -0.130. The van der Waals surface area contributed by atoms with Gasteiger partial charge in [-0.25, -0.2) is 4.39 Å². The number of rotatable bonds is 5. The molecule has 0 unspecified atom stereocenters. The van der Waals surface area contributed by atoms with Crippen molar-refractivity contribution in [3.8, 4) is 11.5 Å². The van der Waals surface area contributed by atoms with Gasteiger partial charge in [0, 0.05) is 18.2 Å². The smallest absolute Gasteiger partial charge is 0.296 e. The SMILES string of the molecule is CC(C)C[C@H]1C(=O)N[C@@H](C2CCCC2)CN1C(=O)c1noc(-c2ccc(F)cc2)n1. The van der Waals surface area contributed by atoms with E-state index in [9.17, 15) is 14.0 Å². The van der Waals surface area contributed by atoms with Crippen molar-refractivity contribution in [1.82, 2.24) is 20.4 Å². The molecule has 2 heterocycles. The number of carbonyl (C=O) groups excluding carboxylic acids is 2. The minimum atomic E-state index is -0.553. The maximum absolute atomic E-state index is 13.3. The molecule has 2 amide bonds. The summed E-state index contributed by atoms with van der Waals surface area (Å²) < 4.78 is 18.4. The molecule has 0 spiro atoms. The molecule has 7 nitrogen and oxygen atoms in total. The molecule has 8 heteroatoms. The first-order chi connectivity index (χ1) is 14.4. The van der Waals surface area contributed by atoms with Crippen LogP contribution in [0, 0.1) is 17.7 Å². The summed E-state index contributed by atoms with van der Waals surface area (Å²) in [7, 11) is 0. The Hall–Kier alpha value is -2.77. The van der Waals surface area contributed by atoms with Crippen molar-refractivity contribution in [2.24, 2.45) is 11.8 Å². The molecule has 1 aromatic carbocycles. The Labute approximate surface area is 175 Å². The van der Waals surface area contributed by atoms with Crippen LogP contribution in [0.15, 0.2) is 28.8 Å². The summed E-state index contributed by atoms with van der Waals surface area (Å²) in [5.41, 5.74) is 0.530. The number of hydrogen-bond acceptors (Lipinski definition) is 5. The molecule has 30 heavy (non-hydrogen) atoms. The molecule has 2 fully saturated rings. The van der Waals surface area contributed by atoms with Crippen molar-refractivity contribution in [3.05, 3.63) is 35.9 Å². The molecular weight excluding hydrogens is 387 g/mol. The van der Waals surface area contributed by atoms with Crippen LogP contribution in [0.5, 0.6) is 0 Å². The second-order valence-corrected chi connectivity index (χ2v) is 8.69. The van der Waals surface area contributed by atoms with Gasteiger partial charge in [-0.05, 0) is 55.4 Å². The average Bonchev–Trinajstić information content (AvgIpc) is 3.41. The Morgan fingerprint density at radius 3 is 2.63 bits per heavy atom. The normalized spacial score (nSPS) is 22.5. The number of benzene rings is 1. The van der Waals surface area contributed by atoms with Gasteiger partial charge in [-0.3, -0.25) is 9.59 Å². The molecule has 2 atom stereocenters. The third kappa shape index (κ3) is 4.22. The highest BCUT2D eigenvalue weighted by atomic mass is 19.1. The van der Waals surface area contributed by atoms with E-state index in [0.717, 1.165) is 25.7 Å². The standard InChI is InChI=1S/C22H27FN4O3/c1-13(2)11-18-20(28)24-17(14-5-3-4-6-14)12-27(18)22(29)19-25-21(30-26-19)15-7-9-16(23)10-8-15/h7-10,13-14,17-18H,3-6,11-12H2,1-2H3,(H,24,28)/t17-,18+/m1/s1. The van der Waals surface area contributed by atoms with Gasteiger partial charge in [-0.1, -0.05) is 31.8 Å². The molecule has 1 aliphatic heterocycles. The summed E-state index contributed by atoms with van der Waals surface area (Å²) in [5, 5.41) is 7.00. The van der Waals surface area contributed by atoms with Crippen molar-refractivity contribution in [3.63, 3.8) is 0 Å². The molecule has 1 saturated heterocycles. The van der Waals surface area contributed by atoms with Crippen LogP contribution in [0.4, 0.5) is 4.39 Å². The summed E-state index contributed by atoms with van der Waals surface area (Å²) in [5.74, 6) is -0.180. The molecule has 1 N–H and O–H groups in total. The molecule has 2 aromatic rings. The van der Waals surface area contributed by atoms with Crippen molar-refractivity contribution in [1.29, 1.82) is 0 Å². The second kappa shape index (κ2) is 8.53. The van der Waals surface area contributed by atoms with Gasteiger partial charge in [-0.15, -0.1) is 0 Å². The zero-order valence-corrected chi connectivity index (χ0v) is 17.3. The van der Waals surface area contributed by atoms with Crippen LogP contribution >= 0.6 is 0 Å². The van der Waals surface area contributed by atoms with Gasteiger partial charge >= 0.3 is 0 Å². The molecule has 1 aromatic heterocycles. The van der Waals surface area contributed by atoms with E-state index in [1.807, 2.05) is 13.8 Å². The Morgan fingerprint density at radius 2 is 1.97 bits per heavy atom. The summed E-state index contributed by atoms with van der Waals surface area (Å²) in [6.45, 7) is 4.51. The van der Waals surface area contributed by atoms with Gasteiger partial charge in [0.1, 0.15) is 11.9 Å². The molecule has 0 bridgehead atoms. The number of piperazine rings is 1. The summed E-state index contributed by atoms with van der Waals surface area (Å²) >= 11 is 0. The molecule has 2 aliphatic rings. The summed E-state index contributed by atoms with van der Waals surface area (Å²) in [4.78, 5) is 32.0. The van der Waals surface area contributed by atoms with Gasteiger partial charge in [0.15, 0.2) is 0 Å². The van der Waals surface area contributed by atoms with Crippen molar-refractivity contribution in [2.45, 2.75) is 58.0 Å². The lowest BCUT2D eigenvalue weighted by Gasteiger charge is -2.41. The van der Waals surface area contributed by atoms with Crippen LogP contribution < -0.4 is 5.32 Å². The Bertz CT molecular complexity index is 905. The predicted octanol–water partition coefficient (Wildman–Crippen LogP) is 3.42. The Balaban J connectivity index is 1.58. The van der Waals surface area contributed by atoms with Gasteiger partial charge < -0.3 is 14.7 Å². The Morgan fingerprint density at radius 1 is 1.27 bits per heavy atom. The highest BCUT2D eigenvalue weighted by molar-refractivity contribution is 5.96. The maximum atomic E-state index is 13.3. The Kier molecular flexibility index (Phi) is 5.83. The van der Waals surface area contributed by atoms with Gasteiger partial charge in [0.05, 0.1) is 0 Å². The van der Waals surface area contributed by atoms with E-state index >= 15 is 0 Å². The van der Waals surface area contributed by atoms with Gasteiger partial charge in [-0.2, -0.15) is 4.98 Å². The number of nitrogens with one attached hydrogen (secondary N) is 1. The number of aromatic nitrogens is 2. The van der Waals surface area contributed by atoms with Gasteiger partial charge in [0.25, 0.3) is 17.6 Å². The quantitative estimate of drug-likeness (QED) is 0.810. The fraction of sp³-hybridized carbons (Fsp3) is 0.545. The highest BCUT2D eigenvalue weighted by Crippen LogP contribution is 2.31. The van der Waals surface area contributed by atoms with Crippen LogP contribution in [0.25, 0.3) is 11.5 Å². The average molecular weight is 414 g/mol. The fourth-order valence-electron chi connectivity index (χ4n) is 4.49. The number of nitrogens with zero attached hydrogens (tertiary/aromatic N) is 3. The van der Waals surface area contributed by atoms with E-state index in [1.54, 1.807) is 4.90 Å². The van der Waals surface area contributed by atoms with E-state index in [0.29, 0.717) is 24.4 Å². The number of amides is 2. The van der Waals surface area contributed by atoms with Crippen molar-refractivity contribution >= 4 is 11.8 Å². The van der Waals surface area contributed by atoms with Crippen LogP contribution in [0.1, 0.15) is 56.6 Å². The lowest BCUT2D eigenvalue weighted by atomic mass is 9.91. The van der Waals surface area contributed by atoms with Crippen molar-refractivity contribution < 1.29 is 18.5 Å². The zero-order chi connectivity index (χ0) is 21.3. The van der Waals surface area contributed by atoms with Crippen LogP contribution in [-0.4, -0.2) is 45.5 Å².